The third-order valence-electron chi connectivity index (χ3n) is 2.84. The molecule has 0 heterocycles. The zero-order chi connectivity index (χ0) is 17.6. The summed E-state index contributed by atoms with van der Waals surface area (Å²) >= 11 is 0. The van der Waals surface area contributed by atoms with Crippen molar-refractivity contribution in [2.24, 2.45) is 0 Å². The summed E-state index contributed by atoms with van der Waals surface area (Å²) in [6, 6.07) is 7.00. The first-order valence-corrected chi connectivity index (χ1v) is 5.98. The summed E-state index contributed by atoms with van der Waals surface area (Å²) in [5, 5.41) is 40.0. The number of nitrogens with one attached hydrogen (secondary N) is 1. The summed E-state index contributed by atoms with van der Waals surface area (Å²) in [6.45, 7) is 1.38. The molecule has 1 N–H and O–H groups in total. The Labute approximate surface area is 130 Å². The summed E-state index contributed by atoms with van der Waals surface area (Å²) in [4.78, 5) is 22.1. The average Bonchev–Trinajstić information content (AvgIpc) is 2.54. The van der Waals surface area contributed by atoms with E-state index in [0.29, 0.717) is 0 Å². The largest absolute Gasteiger partial charge is 0.465 e. The van der Waals surface area contributed by atoms with E-state index in [4.69, 9.17) is 15.8 Å². The van der Waals surface area contributed by atoms with E-state index in [9.17, 15) is 14.9 Å². The molecule has 1 aromatic rings. The number of allylic oxidation sites excluding steroid dienone is 2. The highest BCUT2D eigenvalue weighted by Crippen LogP contribution is 2.28. The van der Waals surface area contributed by atoms with Crippen LogP contribution in [-0.2, 0) is 4.74 Å². The predicted octanol–water partition coefficient (Wildman–Crippen LogP) is 1.93. The number of anilines is 1. The predicted molar refractivity (Wildman–Crippen MR) is 76.7 cm³/mol. The summed E-state index contributed by atoms with van der Waals surface area (Å²) in [5.41, 5.74) is -1.22. The normalized spacial score (nSPS) is 8.83. The van der Waals surface area contributed by atoms with Crippen LogP contribution in [0.1, 0.15) is 15.9 Å². The number of nitriles is 3. The molecular weight excluding hydrogens is 302 g/mol. The SMILES string of the molecule is COC(=O)c1cc(NC(C#N)=C(C#N)C#N)cc([N+](=O)[O-])c1C. The smallest absolute Gasteiger partial charge is 0.338 e. The number of esters is 1. The van der Waals surface area contributed by atoms with Crippen LogP contribution in [0.15, 0.2) is 23.4 Å². The Kier molecular flexibility index (Phi) is 5.37. The molecule has 0 aliphatic heterocycles. The summed E-state index contributed by atoms with van der Waals surface area (Å²) in [5.74, 6) is -0.794. The van der Waals surface area contributed by atoms with E-state index in [0.717, 1.165) is 13.2 Å². The fourth-order valence-electron chi connectivity index (χ4n) is 1.71. The lowest BCUT2D eigenvalue weighted by Crippen LogP contribution is -2.09. The lowest BCUT2D eigenvalue weighted by Gasteiger charge is -2.10. The molecule has 23 heavy (non-hydrogen) atoms. The lowest BCUT2D eigenvalue weighted by molar-refractivity contribution is -0.385. The number of benzene rings is 1. The number of hydrogen-bond donors (Lipinski definition) is 1. The molecule has 9 heteroatoms. The zero-order valence-electron chi connectivity index (χ0n) is 12.1. The topological polar surface area (TPSA) is 153 Å². The Morgan fingerprint density at radius 3 is 2.30 bits per heavy atom. The Morgan fingerprint density at radius 1 is 1.26 bits per heavy atom. The van der Waals surface area contributed by atoms with Gasteiger partial charge in [-0.25, -0.2) is 4.79 Å². The highest BCUT2D eigenvalue weighted by atomic mass is 16.6. The molecule has 0 spiro atoms. The fourth-order valence-corrected chi connectivity index (χ4v) is 1.71. The van der Waals surface area contributed by atoms with E-state index in [1.54, 1.807) is 6.07 Å². The van der Waals surface area contributed by atoms with Crippen LogP contribution in [0.2, 0.25) is 0 Å². The van der Waals surface area contributed by atoms with Gasteiger partial charge in [-0.3, -0.25) is 10.1 Å². The second-order valence-corrected chi connectivity index (χ2v) is 4.13. The maximum absolute atomic E-state index is 11.7. The number of methoxy groups -OCH3 is 1. The van der Waals surface area contributed by atoms with Gasteiger partial charge in [-0.15, -0.1) is 0 Å². The van der Waals surface area contributed by atoms with Gasteiger partial charge < -0.3 is 10.1 Å². The maximum Gasteiger partial charge on any atom is 0.338 e. The standard InChI is InChI=1S/C14H9N5O4/c1-8-11(14(20)23-2)3-10(4-13(8)19(21)22)18-12(7-17)9(5-15)6-16/h3-4,18H,1-2H3. The molecule has 0 atom stereocenters. The molecule has 0 fully saturated rings. The Bertz CT molecular complexity index is 820. The molecule has 0 saturated heterocycles. The first kappa shape index (κ1) is 17.2. The third kappa shape index (κ3) is 3.60. The molecule has 0 unspecified atom stereocenters. The van der Waals surface area contributed by atoms with Gasteiger partial charge in [-0.2, -0.15) is 15.8 Å². The minimum atomic E-state index is -0.794. The van der Waals surface area contributed by atoms with Gasteiger partial charge >= 0.3 is 5.97 Å². The van der Waals surface area contributed by atoms with Gasteiger partial charge in [-0.05, 0) is 13.0 Å². The van der Waals surface area contributed by atoms with Gasteiger partial charge in [0.1, 0.15) is 23.9 Å². The van der Waals surface area contributed by atoms with Crippen LogP contribution in [0, 0.1) is 51.0 Å². The van der Waals surface area contributed by atoms with Crippen LogP contribution in [0.5, 0.6) is 0 Å². The molecule has 114 valence electrons. The summed E-state index contributed by atoms with van der Waals surface area (Å²) < 4.78 is 4.56. The molecular formula is C14H9N5O4. The molecule has 0 amide bonds. The van der Waals surface area contributed by atoms with Crippen molar-refractivity contribution in [3.05, 3.63) is 44.6 Å². The second-order valence-electron chi connectivity index (χ2n) is 4.13. The quantitative estimate of drug-likeness (QED) is 0.383. The fraction of sp³-hybridized carbons (Fsp3) is 0.143. The van der Waals surface area contributed by atoms with Gasteiger partial charge in [-0.1, -0.05) is 0 Å². The molecule has 0 aliphatic rings. The monoisotopic (exact) mass is 311 g/mol. The van der Waals surface area contributed by atoms with E-state index >= 15 is 0 Å². The van der Waals surface area contributed by atoms with Gasteiger partial charge in [0.25, 0.3) is 5.69 Å². The first-order valence-electron chi connectivity index (χ1n) is 5.98. The number of rotatable bonds is 4. The van der Waals surface area contributed by atoms with E-state index in [1.807, 2.05) is 0 Å². The van der Waals surface area contributed by atoms with E-state index < -0.39 is 16.5 Å². The maximum atomic E-state index is 11.7. The molecule has 0 saturated carbocycles. The number of nitro benzene ring substituents is 1. The second kappa shape index (κ2) is 7.21. The Morgan fingerprint density at radius 2 is 1.87 bits per heavy atom. The van der Waals surface area contributed by atoms with E-state index in [1.165, 1.54) is 25.1 Å². The minimum Gasteiger partial charge on any atom is -0.465 e. The zero-order valence-corrected chi connectivity index (χ0v) is 12.1. The number of carbonyl (C=O) groups is 1. The van der Waals surface area contributed by atoms with Gasteiger partial charge in [0, 0.05) is 17.3 Å². The Hall–Kier alpha value is -3.90. The third-order valence-corrected chi connectivity index (χ3v) is 2.84. The summed E-state index contributed by atoms with van der Waals surface area (Å²) in [7, 11) is 1.12. The van der Waals surface area contributed by atoms with Crippen LogP contribution in [-0.4, -0.2) is 18.0 Å². The highest BCUT2D eigenvalue weighted by molar-refractivity contribution is 5.93. The van der Waals surface area contributed by atoms with Crippen molar-refractivity contribution < 1.29 is 14.5 Å². The molecule has 0 aliphatic carbocycles. The number of ether oxygens (including phenoxy) is 1. The number of carbonyl (C=O) groups excluding carboxylic acids is 1. The van der Waals surface area contributed by atoms with Gasteiger partial charge in [0.2, 0.25) is 0 Å². The minimum absolute atomic E-state index is 0.00208. The highest BCUT2D eigenvalue weighted by Gasteiger charge is 2.21. The summed E-state index contributed by atoms with van der Waals surface area (Å²) in [6.07, 6.45) is 0. The van der Waals surface area contributed by atoms with Crippen molar-refractivity contribution in [3.8, 4) is 18.2 Å². The molecule has 0 radical (unpaired) electrons. The molecule has 0 aromatic heterocycles. The number of nitrogens with zero attached hydrogens (tertiary/aromatic N) is 4. The van der Waals surface area contributed by atoms with Crippen LogP contribution in [0.4, 0.5) is 11.4 Å². The molecule has 9 nitrogen and oxygen atoms in total. The van der Waals surface area contributed by atoms with Crippen LogP contribution in [0.3, 0.4) is 0 Å². The molecule has 1 rings (SSSR count). The lowest BCUT2D eigenvalue weighted by atomic mass is 10.1. The molecule has 1 aromatic carbocycles. The van der Waals surface area contributed by atoms with Gasteiger partial charge in [0.15, 0.2) is 5.57 Å². The van der Waals surface area contributed by atoms with Crippen LogP contribution in [0.25, 0.3) is 0 Å². The van der Waals surface area contributed by atoms with Crippen molar-refractivity contribution in [1.82, 2.24) is 0 Å². The average molecular weight is 311 g/mol. The Balaban J connectivity index is 3.54. The molecule has 0 bridgehead atoms. The van der Waals surface area contributed by atoms with Crippen molar-refractivity contribution >= 4 is 17.3 Å². The number of nitro groups is 1. The van der Waals surface area contributed by atoms with Crippen molar-refractivity contribution in [1.29, 1.82) is 15.8 Å². The van der Waals surface area contributed by atoms with E-state index in [2.05, 4.69) is 10.1 Å². The van der Waals surface area contributed by atoms with E-state index in [-0.39, 0.29) is 28.2 Å². The first-order chi connectivity index (χ1) is 10.9. The number of hydrogen-bond acceptors (Lipinski definition) is 8. The van der Waals surface area contributed by atoms with Crippen molar-refractivity contribution in [3.63, 3.8) is 0 Å². The van der Waals surface area contributed by atoms with Crippen LogP contribution < -0.4 is 5.32 Å². The van der Waals surface area contributed by atoms with Crippen LogP contribution >= 0.6 is 0 Å². The van der Waals surface area contributed by atoms with Gasteiger partial charge in [0.05, 0.1) is 17.6 Å². The van der Waals surface area contributed by atoms with Crippen molar-refractivity contribution in [2.75, 3.05) is 12.4 Å². The van der Waals surface area contributed by atoms with Crippen molar-refractivity contribution in [2.45, 2.75) is 6.92 Å².